The van der Waals surface area contributed by atoms with E-state index in [1.54, 1.807) is 13.1 Å². The Kier molecular flexibility index (Phi) is 6.57. The Bertz CT molecular complexity index is 850. The molecule has 0 spiro atoms. The van der Waals surface area contributed by atoms with Crippen LogP contribution in [-0.2, 0) is 17.8 Å². The molecule has 148 valence electrons. The molecule has 0 unspecified atom stereocenters. The summed E-state index contributed by atoms with van der Waals surface area (Å²) in [6.45, 7) is 4.40. The zero-order chi connectivity index (χ0) is 19.9. The smallest absolute Gasteiger partial charge is 0.270 e. The van der Waals surface area contributed by atoms with Crippen LogP contribution in [0.1, 0.15) is 21.5 Å². The van der Waals surface area contributed by atoms with Crippen LogP contribution < -0.4 is 10.6 Å². The van der Waals surface area contributed by atoms with Gasteiger partial charge in [-0.05, 0) is 17.2 Å². The molecule has 0 saturated carbocycles. The van der Waals surface area contributed by atoms with Crippen LogP contribution in [0.15, 0.2) is 42.5 Å². The van der Waals surface area contributed by atoms with Crippen molar-refractivity contribution in [3.05, 3.63) is 69.3 Å². The molecule has 1 heterocycles. The van der Waals surface area contributed by atoms with Crippen LogP contribution >= 0.6 is 0 Å². The summed E-state index contributed by atoms with van der Waals surface area (Å²) in [5.41, 5.74) is 2.86. The number of benzene rings is 2. The van der Waals surface area contributed by atoms with Gasteiger partial charge in [-0.2, -0.15) is 0 Å². The van der Waals surface area contributed by atoms with Crippen LogP contribution in [0, 0.1) is 10.1 Å². The predicted molar refractivity (Wildman–Crippen MR) is 106 cm³/mol. The summed E-state index contributed by atoms with van der Waals surface area (Å²) in [7, 11) is 1.68. The second kappa shape index (κ2) is 9.29. The van der Waals surface area contributed by atoms with Crippen molar-refractivity contribution in [2.24, 2.45) is 0 Å². The fraction of sp³-hybridized carbons (Fsp3) is 0.350. The number of rotatable bonds is 7. The van der Waals surface area contributed by atoms with Gasteiger partial charge in [0.1, 0.15) is 0 Å². The summed E-state index contributed by atoms with van der Waals surface area (Å²) in [5, 5.41) is 16.8. The molecule has 3 rings (SSSR count). The number of amides is 1. The van der Waals surface area contributed by atoms with E-state index in [1.165, 1.54) is 12.1 Å². The molecular weight excluding hydrogens is 360 g/mol. The molecular formula is C20H24N4O4. The number of nitro benzene ring substituents is 1. The number of nitro groups is 1. The number of carbonyl (C=O) groups excluding carboxylic acids is 1. The number of hydrogen-bond donors (Lipinski definition) is 2. The van der Waals surface area contributed by atoms with E-state index in [1.807, 2.05) is 18.2 Å². The van der Waals surface area contributed by atoms with Gasteiger partial charge in [-0.15, -0.1) is 0 Å². The number of nitrogens with zero attached hydrogens (tertiary/aromatic N) is 2. The van der Waals surface area contributed by atoms with E-state index in [0.717, 1.165) is 44.0 Å². The maximum Gasteiger partial charge on any atom is 0.270 e. The predicted octanol–water partition coefficient (Wildman–Crippen LogP) is 2.40. The summed E-state index contributed by atoms with van der Waals surface area (Å²) in [6.07, 6.45) is 0. The second-order valence-corrected chi connectivity index (χ2v) is 6.58. The molecule has 0 aromatic heterocycles. The number of non-ortho nitro benzene ring substituents is 1. The van der Waals surface area contributed by atoms with Crippen LogP contribution in [0.25, 0.3) is 0 Å². The summed E-state index contributed by atoms with van der Waals surface area (Å²) in [4.78, 5) is 25.5. The van der Waals surface area contributed by atoms with Gasteiger partial charge in [-0.3, -0.25) is 19.8 Å². The third-order valence-corrected chi connectivity index (χ3v) is 4.78. The summed E-state index contributed by atoms with van der Waals surface area (Å²) in [5.74, 6) is -0.353. The van der Waals surface area contributed by atoms with E-state index < -0.39 is 4.92 Å². The molecule has 1 saturated heterocycles. The number of nitrogens with one attached hydrogen (secondary N) is 2. The van der Waals surface area contributed by atoms with Crippen molar-refractivity contribution in [1.29, 1.82) is 0 Å². The first kappa shape index (κ1) is 19.8. The monoisotopic (exact) mass is 384 g/mol. The minimum Gasteiger partial charge on any atom is -0.387 e. The van der Waals surface area contributed by atoms with Crippen molar-refractivity contribution < 1.29 is 14.5 Å². The third kappa shape index (κ3) is 4.85. The van der Waals surface area contributed by atoms with Crippen LogP contribution in [0.5, 0.6) is 0 Å². The Labute approximate surface area is 163 Å². The van der Waals surface area contributed by atoms with Gasteiger partial charge in [-0.25, -0.2) is 0 Å². The average Bonchev–Trinajstić information content (AvgIpc) is 2.73. The van der Waals surface area contributed by atoms with Gasteiger partial charge in [0.2, 0.25) is 0 Å². The topological polar surface area (TPSA) is 96.7 Å². The van der Waals surface area contributed by atoms with Crippen molar-refractivity contribution in [1.82, 2.24) is 10.2 Å². The summed E-state index contributed by atoms with van der Waals surface area (Å²) in [6, 6.07) is 12.2. The van der Waals surface area contributed by atoms with Gasteiger partial charge in [0, 0.05) is 51.0 Å². The maximum absolute atomic E-state index is 12.7. The molecule has 0 aliphatic carbocycles. The highest BCUT2D eigenvalue weighted by molar-refractivity contribution is 6.00. The van der Waals surface area contributed by atoms with Crippen LogP contribution in [0.2, 0.25) is 0 Å². The van der Waals surface area contributed by atoms with Crippen molar-refractivity contribution in [3.63, 3.8) is 0 Å². The quantitative estimate of drug-likeness (QED) is 0.562. The first-order chi connectivity index (χ1) is 13.6. The largest absolute Gasteiger partial charge is 0.387 e. The van der Waals surface area contributed by atoms with Gasteiger partial charge in [-0.1, -0.05) is 24.3 Å². The van der Waals surface area contributed by atoms with Crippen LogP contribution in [0.3, 0.4) is 0 Å². The number of anilines is 1. The molecule has 0 bridgehead atoms. The molecule has 2 aromatic rings. The highest BCUT2D eigenvalue weighted by Crippen LogP contribution is 2.22. The van der Waals surface area contributed by atoms with Gasteiger partial charge in [0.15, 0.2) is 0 Å². The highest BCUT2D eigenvalue weighted by Gasteiger charge is 2.17. The molecule has 8 nitrogen and oxygen atoms in total. The van der Waals surface area contributed by atoms with Crippen molar-refractivity contribution in [2.45, 2.75) is 13.1 Å². The fourth-order valence-electron chi connectivity index (χ4n) is 3.21. The lowest BCUT2D eigenvalue weighted by molar-refractivity contribution is -0.384. The van der Waals surface area contributed by atoms with Gasteiger partial charge in [0.05, 0.1) is 23.7 Å². The standard InChI is InChI=1S/C20H24N4O4/c1-21-19-7-6-17(24(26)27)12-18(19)20(25)22-13-15-4-2-3-5-16(15)14-23-8-10-28-11-9-23/h2-7,12,21H,8-11,13-14H2,1H3,(H,22,25). The Morgan fingerprint density at radius 3 is 2.57 bits per heavy atom. The van der Waals surface area contributed by atoms with Crippen LogP contribution in [0.4, 0.5) is 11.4 Å². The first-order valence-corrected chi connectivity index (χ1v) is 9.19. The van der Waals surface area contributed by atoms with E-state index >= 15 is 0 Å². The molecule has 2 aromatic carbocycles. The van der Waals surface area contributed by atoms with E-state index in [0.29, 0.717) is 12.2 Å². The van der Waals surface area contributed by atoms with Crippen molar-refractivity contribution in [2.75, 3.05) is 38.7 Å². The highest BCUT2D eigenvalue weighted by atomic mass is 16.6. The number of ether oxygens (including phenoxy) is 1. The Balaban J connectivity index is 1.71. The molecule has 1 aliphatic heterocycles. The third-order valence-electron chi connectivity index (χ3n) is 4.78. The zero-order valence-corrected chi connectivity index (χ0v) is 15.8. The molecule has 0 radical (unpaired) electrons. The van der Waals surface area contributed by atoms with Crippen LogP contribution in [-0.4, -0.2) is 49.1 Å². The molecule has 1 amide bonds. The van der Waals surface area contributed by atoms with E-state index in [-0.39, 0.29) is 17.2 Å². The average molecular weight is 384 g/mol. The van der Waals surface area contributed by atoms with Gasteiger partial charge >= 0.3 is 0 Å². The second-order valence-electron chi connectivity index (χ2n) is 6.58. The number of carbonyl (C=O) groups is 1. The molecule has 0 atom stereocenters. The minimum atomic E-state index is -0.506. The van der Waals surface area contributed by atoms with E-state index in [9.17, 15) is 14.9 Å². The zero-order valence-electron chi connectivity index (χ0n) is 15.8. The summed E-state index contributed by atoms with van der Waals surface area (Å²) >= 11 is 0. The number of morpholine rings is 1. The normalized spacial score (nSPS) is 14.5. The number of hydrogen-bond acceptors (Lipinski definition) is 6. The summed E-state index contributed by atoms with van der Waals surface area (Å²) < 4.78 is 5.39. The van der Waals surface area contributed by atoms with E-state index in [4.69, 9.17) is 4.74 Å². The lowest BCUT2D eigenvalue weighted by Gasteiger charge is -2.27. The molecule has 8 heteroatoms. The lowest BCUT2D eigenvalue weighted by Crippen LogP contribution is -2.36. The van der Waals surface area contributed by atoms with E-state index in [2.05, 4.69) is 21.6 Å². The Morgan fingerprint density at radius 1 is 1.18 bits per heavy atom. The molecule has 28 heavy (non-hydrogen) atoms. The SMILES string of the molecule is CNc1ccc([N+](=O)[O-])cc1C(=O)NCc1ccccc1CN1CCOCC1. The van der Waals surface area contributed by atoms with Gasteiger partial charge < -0.3 is 15.4 Å². The molecule has 1 fully saturated rings. The fourth-order valence-corrected chi connectivity index (χ4v) is 3.21. The van der Waals surface area contributed by atoms with Gasteiger partial charge in [0.25, 0.3) is 11.6 Å². The lowest BCUT2D eigenvalue weighted by atomic mass is 10.1. The molecule has 1 aliphatic rings. The Hall–Kier alpha value is -2.97. The van der Waals surface area contributed by atoms with Crippen molar-refractivity contribution in [3.8, 4) is 0 Å². The minimum absolute atomic E-state index is 0.114. The first-order valence-electron chi connectivity index (χ1n) is 9.19. The molecule has 2 N–H and O–H groups in total. The Morgan fingerprint density at radius 2 is 1.89 bits per heavy atom. The maximum atomic E-state index is 12.7. The van der Waals surface area contributed by atoms with Crippen molar-refractivity contribution >= 4 is 17.3 Å².